The van der Waals surface area contributed by atoms with Crippen molar-refractivity contribution >= 4 is 34.9 Å². The van der Waals surface area contributed by atoms with E-state index >= 15 is 0 Å². The Morgan fingerprint density at radius 2 is 1.67 bits per heavy atom. The molecule has 9 heteroatoms. The van der Waals surface area contributed by atoms with E-state index in [1.165, 1.54) is 0 Å². The predicted octanol–water partition coefficient (Wildman–Crippen LogP) is 2.93. The van der Waals surface area contributed by atoms with Crippen molar-refractivity contribution < 1.29 is 9.59 Å². The van der Waals surface area contributed by atoms with Crippen LogP contribution in [-0.4, -0.2) is 64.0 Å². The van der Waals surface area contributed by atoms with Gasteiger partial charge in [-0.05, 0) is 43.3 Å². The lowest BCUT2D eigenvalue weighted by Crippen LogP contribution is -2.51. The van der Waals surface area contributed by atoms with Crippen molar-refractivity contribution in [2.75, 3.05) is 42.5 Å². The molecule has 2 fully saturated rings. The molecule has 3 aromatic rings. The average Bonchev–Trinajstić information content (AvgIpc) is 3.49. The topological polar surface area (TPSA) is 74.6 Å². The third-order valence-corrected chi connectivity index (χ3v) is 6.46. The van der Waals surface area contributed by atoms with Gasteiger partial charge < -0.3 is 19.3 Å². The number of rotatable bonds is 4. The van der Waals surface area contributed by atoms with E-state index in [0.717, 1.165) is 17.3 Å². The number of aryl methyl sites for hydroxylation is 1. The number of halogens is 1. The Labute approximate surface area is 197 Å². The highest BCUT2D eigenvalue weighted by atomic mass is 35.5. The normalized spacial score (nSPS) is 18.8. The molecule has 2 aliphatic rings. The van der Waals surface area contributed by atoms with Crippen LogP contribution >= 0.6 is 11.6 Å². The molecular formula is C24H25ClN6O2. The van der Waals surface area contributed by atoms with Crippen molar-refractivity contribution in [2.45, 2.75) is 13.3 Å². The van der Waals surface area contributed by atoms with Gasteiger partial charge in [-0.3, -0.25) is 9.59 Å². The Morgan fingerprint density at radius 3 is 2.36 bits per heavy atom. The molecule has 8 nitrogen and oxygen atoms in total. The highest BCUT2D eigenvalue weighted by Crippen LogP contribution is 2.28. The Hall–Kier alpha value is -3.39. The maximum Gasteiger partial charge on any atom is 0.228 e. The minimum Gasteiger partial charge on any atom is -0.353 e. The quantitative estimate of drug-likeness (QED) is 0.593. The van der Waals surface area contributed by atoms with E-state index in [9.17, 15) is 9.59 Å². The van der Waals surface area contributed by atoms with Gasteiger partial charge in [-0.2, -0.15) is 0 Å². The van der Waals surface area contributed by atoms with Gasteiger partial charge in [-0.25, -0.2) is 9.97 Å². The molecule has 0 spiro atoms. The summed E-state index contributed by atoms with van der Waals surface area (Å²) >= 11 is 5.96. The van der Waals surface area contributed by atoms with Crippen LogP contribution in [0.25, 0.3) is 5.82 Å². The zero-order chi connectivity index (χ0) is 22.9. The van der Waals surface area contributed by atoms with Crippen LogP contribution in [0.4, 0.5) is 11.5 Å². The molecular weight excluding hydrogens is 440 g/mol. The molecule has 1 unspecified atom stereocenters. The van der Waals surface area contributed by atoms with E-state index in [-0.39, 0.29) is 24.2 Å². The van der Waals surface area contributed by atoms with Gasteiger partial charge >= 0.3 is 0 Å². The first-order chi connectivity index (χ1) is 16.0. The molecule has 0 radical (unpaired) electrons. The zero-order valence-electron chi connectivity index (χ0n) is 18.4. The van der Waals surface area contributed by atoms with E-state index in [1.54, 1.807) is 17.0 Å². The van der Waals surface area contributed by atoms with E-state index < -0.39 is 0 Å². The minimum atomic E-state index is -0.318. The van der Waals surface area contributed by atoms with Crippen LogP contribution in [0, 0.1) is 12.8 Å². The van der Waals surface area contributed by atoms with Gasteiger partial charge in [-0.1, -0.05) is 11.6 Å². The summed E-state index contributed by atoms with van der Waals surface area (Å²) in [6, 6.07) is 13.1. The molecule has 2 saturated heterocycles. The SMILES string of the molecule is Cc1nc(N2CCN(C(=O)C3CC(=O)N(c4ccc(Cl)cc4)C3)CC2)cc(-n2cccc2)n1. The van der Waals surface area contributed by atoms with Crippen molar-refractivity contribution in [3.8, 4) is 5.82 Å². The molecule has 0 aliphatic carbocycles. The summed E-state index contributed by atoms with van der Waals surface area (Å²) in [6.45, 7) is 4.88. The van der Waals surface area contributed by atoms with Crippen LogP contribution in [0.5, 0.6) is 0 Å². The van der Waals surface area contributed by atoms with Crippen molar-refractivity contribution in [2.24, 2.45) is 5.92 Å². The fraction of sp³-hybridized carbons (Fsp3) is 0.333. The van der Waals surface area contributed by atoms with Crippen molar-refractivity contribution in [3.63, 3.8) is 0 Å². The third kappa shape index (κ3) is 4.43. The minimum absolute atomic E-state index is 0.0247. The second-order valence-electron chi connectivity index (χ2n) is 8.42. The Balaban J connectivity index is 1.22. The summed E-state index contributed by atoms with van der Waals surface area (Å²) in [5.41, 5.74) is 0.780. The fourth-order valence-corrected chi connectivity index (χ4v) is 4.60. The Kier molecular flexibility index (Phi) is 5.76. The number of piperazine rings is 1. The summed E-state index contributed by atoms with van der Waals surface area (Å²) in [5, 5.41) is 0.621. The standard InChI is InChI=1S/C24H25ClN6O2/c1-17-26-21(28-8-2-3-9-28)15-22(27-17)29-10-12-30(13-11-29)24(33)18-14-23(32)31(16-18)20-6-4-19(25)5-7-20/h2-9,15,18H,10-14,16H2,1H3. The van der Waals surface area contributed by atoms with Crippen molar-refractivity contribution in [1.82, 2.24) is 19.4 Å². The monoisotopic (exact) mass is 464 g/mol. The number of carbonyl (C=O) groups is 2. The number of benzene rings is 1. The first-order valence-corrected chi connectivity index (χ1v) is 11.4. The lowest BCUT2D eigenvalue weighted by atomic mass is 10.1. The molecule has 2 amide bonds. The largest absolute Gasteiger partial charge is 0.353 e. The molecule has 4 heterocycles. The van der Waals surface area contributed by atoms with Crippen LogP contribution in [0.2, 0.25) is 5.02 Å². The molecule has 170 valence electrons. The van der Waals surface area contributed by atoms with Crippen LogP contribution in [-0.2, 0) is 9.59 Å². The van der Waals surface area contributed by atoms with Crippen LogP contribution < -0.4 is 9.80 Å². The first-order valence-electron chi connectivity index (χ1n) is 11.1. The van der Waals surface area contributed by atoms with E-state index in [0.29, 0.717) is 43.6 Å². The molecule has 1 atom stereocenters. The summed E-state index contributed by atoms with van der Waals surface area (Å²) < 4.78 is 1.96. The van der Waals surface area contributed by atoms with Gasteiger partial charge in [0.05, 0.1) is 5.92 Å². The molecule has 0 saturated carbocycles. The summed E-state index contributed by atoms with van der Waals surface area (Å²) in [6.07, 6.45) is 4.16. The molecule has 5 rings (SSSR count). The average molecular weight is 465 g/mol. The first kappa shape index (κ1) is 21.5. The van der Waals surface area contributed by atoms with Gasteiger partial charge in [-0.15, -0.1) is 0 Å². The third-order valence-electron chi connectivity index (χ3n) is 6.21. The predicted molar refractivity (Wildman–Crippen MR) is 127 cm³/mol. The van der Waals surface area contributed by atoms with E-state index in [1.807, 2.05) is 59.1 Å². The maximum atomic E-state index is 13.2. The summed E-state index contributed by atoms with van der Waals surface area (Å²) in [7, 11) is 0. The molecule has 2 aromatic heterocycles. The number of hydrogen-bond acceptors (Lipinski definition) is 5. The molecule has 0 bridgehead atoms. The Morgan fingerprint density at radius 1 is 1.00 bits per heavy atom. The molecule has 2 aliphatic heterocycles. The van der Waals surface area contributed by atoms with Crippen LogP contribution in [0.1, 0.15) is 12.2 Å². The van der Waals surface area contributed by atoms with Crippen LogP contribution in [0.15, 0.2) is 54.9 Å². The highest BCUT2D eigenvalue weighted by molar-refractivity contribution is 6.30. The second kappa shape index (κ2) is 8.86. The van der Waals surface area contributed by atoms with E-state index in [2.05, 4.69) is 14.9 Å². The number of anilines is 2. The van der Waals surface area contributed by atoms with Crippen LogP contribution in [0.3, 0.4) is 0 Å². The molecule has 1 aromatic carbocycles. The van der Waals surface area contributed by atoms with Gasteiger partial charge in [0.2, 0.25) is 11.8 Å². The van der Waals surface area contributed by atoms with E-state index in [4.69, 9.17) is 11.6 Å². The number of amides is 2. The van der Waals surface area contributed by atoms with Gasteiger partial charge in [0.15, 0.2) is 0 Å². The van der Waals surface area contributed by atoms with Gasteiger partial charge in [0.25, 0.3) is 0 Å². The summed E-state index contributed by atoms with van der Waals surface area (Å²) in [5.74, 6) is 2.11. The van der Waals surface area contributed by atoms with Gasteiger partial charge in [0.1, 0.15) is 17.5 Å². The Bertz CT molecular complexity index is 1160. The number of carbonyl (C=O) groups excluding carboxylic acids is 2. The summed E-state index contributed by atoms with van der Waals surface area (Å²) in [4.78, 5) is 40.6. The number of aromatic nitrogens is 3. The van der Waals surface area contributed by atoms with Gasteiger partial charge in [0, 0.05) is 68.3 Å². The molecule has 0 N–H and O–H groups in total. The lowest BCUT2D eigenvalue weighted by molar-refractivity contribution is -0.136. The maximum absolute atomic E-state index is 13.2. The fourth-order valence-electron chi connectivity index (χ4n) is 4.48. The lowest BCUT2D eigenvalue weighted by Gasteiger charge is -2.36. The zero-order valence-corrected chi connectivity index (χ0v) is 19.1. The molecule has 33 heavy (non-hydrogen) atoms. The number of nitrogens with zero attached hydrogens (tertiary/aromatic N) is 6. The highest BCUT2D eigenvalue weighted by Gasteiger charge is 2.38. The smallest absolute Gasteiger partial charge is 0.228 e. The number of hydrogen-bond donors (Lipinski definition) is 0. The van der Waals surface area contributed by atoms with Crippen molar-refractivity contribution in [1.29, 1.82) is 0 Å². The second-order valence-corrected chi connectivity index (χ2v) is 8.85. The van der Waals surface area contributed by atoms with Crippen molar-refractivity contribution in [3.05, 3.63) is 65.7 Å².